The van der Waals surface area contributed by atoms with E-state index in [4.69, 9.17) is 0 Å². The number of non-ortho nitro benzene ring substituents is 1. The minimum atomic E-state index is -0.761. The molecule has 1 N–H and O–H groups in total. The van der Waals surface area contributed by atoms with Crippen LogP contribution in [-0.4, -0.2) is 20.4 Å². The number of aromatic nitrogens is 2. The van der Waals surface area contributed by atoms with E-state index in [9.17, 15) is 19.7 Å². The molecular formula is C22H18N4O4S. The molecule has 0 radical (unpaired) electrons. The van der Waals surface area contributed by atoms with Crippen molar-refractivity contribution in [2.75, 3.05) is 5.32 Å². The number of nitro benzene ring substituents is 1. The molecule has 0 fully saturated rings. The Balaban J connectivity index is 1.60. The van der Waals surface area contributed by atoms with Gasteiger partial charge < -0.3 is 5.32 Å². The maximum atomic E-state index is 12.9. The molecule has 0 aliphatic carbocycles. The van der Waals surface area contributed by atoms with E-state index < -0.39 is 11.0 Å². The quantitative estimate of drug-likeness (QED) is 0.366. The van der Waals surface area contributed by atoms with Crippen molar-refractivity contribution in [3.05, 3.63) is 86.0 Å². The number of carbonyl (C=O) groups excluding carboxylic acids is 1. The highest BCUT2D eigenvalue weighted by Crippen LogP contribution is 2.28. The Labute approximate surface area is 181 Å². The van der Waals surface area contributed by atoms with Crippen LogP contribution in [0.2, 0.25) is 0 Å². The van der Waals surface area contributed by atoms with Crippen molar-refractivity contribution in [2.24, 2.45) is 0 Å². The van der Waals surface area contributed by atoms with Gasteiger partial charge in [0.25, 0.3) is 11.2 Å². The minimum Gasteiger partial charge on any atom is -0.300 e. The number of hydrogen-bond acceptors (Lipinski definition) is 6. The van der Waals surface area contributed by atoms with Gasteiger partial charge in [-0.3, -0.25) is 24.3 Å². The van der Waals surface area contributed by atoms with Gasteiger partial charge in [0, 0.05) is 34.5 Å². The van der Waals surface area contributed by atoms with Gasteiger partial charge in [0.2, 0.25) is 5.91 Å². The molecule has 156 valence electrons. The third kappa shape index (κ3) is 3.95. The Morgan fingerprint density at radius 3 is 2.74 bits per heavy atom. The molecule has 2 heterocycles. The number of benzene rings is 2. The van der Waals surface area contributed by atoms with E-state index in [1.54, 1.807) is 24.4 Å². The molecular weight excluding hydrogens is 416 g/mol. The number of thiazole rings is 1. The van der Waals surface area contributed by atoms with Gasteiger partial charge in [-0.1, -0.05) is 30.3 Å². The van der Waals surface area contributed by atoms with Crippen LogP contribution >= 0.6 is 11.3 Å². The van der Waals surface area contributed by atoms with Crippen molar-refractivity contribution in [3.63, 3.8) is 0 Å². The fraction of sp³-hybridized carbons (Fsp3) is 0.136. The SMILES string of the molecule is Cc1cc(=O)n(C(C)C(=O)Nc2nc(-c3cccc([N+](=O)[O-])c3)cs2)c2ccccc12. The topological polar surface area (TPSA) is 107 Å². The monoisotopic (exact) mass is 434 g/mol. The summed E-state index contributed by atoms with van der Waals surface area (Å²) >= 11 is 1.21. The largest absolute Gasteiger partial charge is 0.300 e. The summed E-state index contributed by atoms with van der Waals surface area (Å²) in [5, 5.41) is 16.7. The lowest BCUT2D eigenvalue weighted by atomic mass is 10.1. The lowest BCUT2D eigenvalue weighted by Gasteiger charge is -2.18. The van der Waals surface area contributed by atoms with E-state index in [-0.39, 0.29) is 17.2 Å². The number of fused-ring (bicyclic) bond motifs is 1. The van der Waals surface area contributed by atoms with Crippen LogP contribution in [-0.2, 0) is 4.79 Å². The lowest BCUT2D eigenvalue weighted by Crippen LogP contribution is -2.31. The van der Waals surface area contributed by atoms with Crippen molar-refractivity contribution < 1.29 is 9.72 Å². The summed E-state index contributed by atoms with van der Waals surface area (Å²) in [4.78, 5) is 40.4. The van der Waals surface area contributed by atoms with Crippen LogP contribution < -0.4 is 10.9 Å². The molecule has 9 heteroatoms. The molecule has 1 amide bonds. The first-order valence-corrected chi connectivity index (χ1v) is 10.3. The van der Waals surface area contributed by atoms with Gasteiger partial charge in [-0.2, -0.15) is 0 Å². The zero-order valence-corrected chi connectivity index (χ0v) is 17.6. The highest BCUT2D eigenvalue weighted by Gasteiger charge is 2.20. The van der Waals surface area contributed by atoms with Crippen molar-refractivity contribution in [1.29, 1.82) is 0 Å². The lowest BCUT2D eigenvalue weighted by molar-refractivity contribution is -0.384. The average molecular weight is 434 g/mol. The molecule has 1 atom stereocenters. The summed E-state index contributed by atoms with van der Waals surface area (Å²) in [5.41, 5.74) is 2.36. The Morgan fingerprint density at radius 2 is 1.97 bits per heavy atom. The molecule has 0 spiro atoms. The molecule has 0 saturated carbocycles. The molecule has 31 heavy (non-hydrogen) atoms. The van der Waals surface area contributed by atoms with Gasteiger partial charge in [0.15, 0.2) is 5.13 Å². The number of aryl methyl sites for hydroxylation is 1. The predicted octanol–water partition coefficient (Wildman–Crippen LogP) is 4.54. The highest BCUT2D eigenvalue weighted by atomic mass is 32.1. The van der Waals surface area contributed by atoms with Crippen molar-refractivity contribution in [2.45, 2.75) is 19.9 Å². The van der Waals surface area contributed by atoms with E-state index in [2.05, 4.69) is 10.3 Å². The second-order valence-electron chi connectivity index (χ2n) is 7.06. The molecule has 0 saturated heterocycles. The number of pyridine rings is 1. The van der Waals surface area contributed by atoms with E-state index >= 15 is 0 Å². The first-order chi connectivity index (χ1) is 14.8. The molecule has 4 aromatic rings. The Hall–Kier alpha value is -3.85. The standard InChI is InChI=1S/C22H18N4O4S/c1-13-10-20(27)25(19-9-4-3-8-17(13)19)14(2)21(28)24-22-23-18(12-31-22)15-6-5-7-16(11-15)26(29)30/h3-12,14H,1-2H3,(H,23,24,28). The first kappa shape index (κ1) is 20.4. The Kier molecular flexibility index (Phi) is 5.35. The number of amides is 1. The zero-order chi connectivity index (χ0) is 22.1. The number of carbonyl (C=O) groups is 1. The molecule has 0 bridgehead atoms. The van der Waals surface area contributed by atoms with E-state index in [0.29, 0.717) is 21.9 Å². The molecule has 2 aromatic heterocycles. The number of rotatable bonds is 5. The van der Waals surface area contributed by atoms with Crippen molar-refractivity contribution >= 4 is 39.0 Å². The van der Waals surface area contributed by atoms with Gasteiger partial charge >= 0.3 is 0 Å². The van der Waals surface area contributed by atoms with Gasteiger partial charge in [-0.05, 0) is 25.5 Å². The molecule has 4 rings (SSSR count). The Morgan fingerprint density at radius 1 is 1.19 bits per heavy atom. The summed E-state index contributed by atoms with van der Waals surface area (Å²) in [6.45, 7) is 3.53. The van der Waals surface area contributed by atoms with Crippen LogP contribution in [0, 0.1) is 17.0 Å². The fourth-order valence-corrected chi connectivity index (χ4v) is 4.16. The second-order valence-corrected chi connectivity index (χ2v) is 7.92. The summed E-state index contributed by atoms with van der Waals surface area (Å²) in [5.74, 6) is -0.379. The van der Waals surface area contributed by atoms with Gasteiger partial charge in [-0.25, -0.2) is 4.98 Å². The van der Waals surface area contributed by atoms with Crippen LogP contribution in [0.15, 0.2) is 64.8 Å². The summed E-state index contributed by atoms with van der Waals surface area (Å²) in [6, 6.07) is 14.4. The number of anilines is 1. The first-order valence-electron chi connectivity index (χ1n) is 9.47. The molecule has 0 aliphatic heterocycles. The van der Waals surface area contributed by atoms with Crippen molar-refractivity contribution in [3.8, 4) is 11.3 Å². The fourth-order valence-electron chi connectivity index (χ4n) is 3.44. The third-order valence-corrected chi connectivity index (χ3v) is 5.78. The molecule has 2 aromatic carbocycles. The zero-order valence-electron chi connectivity index (χ0n) is 16.7. The van der Waals surface area contributed by atoms with Crippen LogP contribution in [0.5, 0.6) is 0 Å². The van der Waals surface area contributed by atoms with Crippen molar-refractivity contribution in [1.82, 2.24) is 9.55 Å². The highest BCUT2D eigenvalue weighted by molar-refractivity contribution is 7.14. The summed E-state index contributed by atoms with van der Waals surface area (Å²) < 4.78 is 1.47. The summed E-state index contributed by atoms with van der Waals surface area (Å²) in [6.07, 6.45) is 0. The predicted molar refractivity (Wildman–Crippen MR) is 120 cm³/mol. The number of nitrogens with zero attached hydrogens (tertiary/aromatic N) is 3. The van der Waals surface area contributed by atoms with Crippen LogP contribution in [0.25, 0.3) is 22.2 Å². The third-order valence-electron chi connectivity index (χ3n) is 5.02. The normalized spacial score (nSPS) is 11.9. The van der Waals surface area contributed by atoms with Gasteiger partial charge in [0.05, 0.1) is 16.1 Å². The Bertz CT molecular complexity index is 1380. The van der Waals surface area contributed by atoms with E-state index in [0.717, 1.165) is 10.9 Å². The maximum Gasteiger partial charge on any atom is 0.270 e. The summed E-state index contributed by atoms with van der Waals surface area (Å²) in [7, 11) is 0. The molecule has 1 unspecified atom stereocenters. The number of para-hydroxylation sites is 1. The van der Waals surface area contributed by atoms with Crippen LogP contribution in [0.4, 0.5) is 10.8 Å². The van der Waals surface area contributed by atoms with Crippen LogP contribution in [0.1, 0.15) is 18.5 Å². The molecule has 8 nitrogen and oxygen atoms in total. The number of nitro groups is 1. The number of hydrogen-bond donors (Lipinski definition) is 1. The second kappa shape index (κ2) is 8.11. The minimum absolute atomic E-state index is 0.0321. The maximum absolute atomic E-state index is 12.9. The van der Waals surface area contributed by atoms with Crippen LogP contribution in [0.3, 0.4) is 0 Å². The smallest absolute Gasteiger partial charge is 0.270 e. The van der Waals surface area contributed by atoms with E-state index in [1.165, 1.54) is 34.1 Å². The average Bonchev–Trinajstić information content (AvgIpc) is 3.22. The molecule has 0 aliphatic rings. The van der Waals surface area contributed by atoms with Gasteiger partial charge in [-0.15, -0.1) is 11.3 Å². The van der Waals surface area contributed by atoms with E-state index in [1.807, 2.05) is 31.2 Å². The van der Waals surface area contributed by atoms with Gasteiger partial charge in [0.1, 0.15) is 6.04 Å². The number of nitrogens with one attached hydrogen (secondary N) is 1.